The molecule has 0 amide bonds. The van der Waals surface area contributed by atoms with E-state index >= 15 is 4.39 Å². The van der Waals surface area contributed by atoms with E-state index in [4.69, 9.17) is 0 Å². The summed E-state index contributed by atoms with van der Waals surface area (Å²) in [5, 5.41) is 19.1. The summed E-state index contributed by atoms with van der Waals surface area (Å²) in [5.74, 6) is -0.482. The minimum absolute atomic E-state index is 0.0462. The Bertz CT molecular complexity index is 1090. The van der Waals surface area contributed by atoms with Crippen LogP contribution >= 0.6 is 0 Å². The average Bonchev–Trinajstić information content (AvgIpc) is 2.69. The molecule has 1 saturated heterocycles. The van der Waals surface area contributed by atoms with E-state index in [2.05, 4.69) is 6.07 Å². The molecule has 4 rings (SSSR count). The van der Waals surface area contributed by atoms with Crippen molar-refractivity contribution < 1.29 is 17.9 Å². The number of aliphatic hydroxyl groups is 1. The SMILES string of the molecule is C[C@@]1(c2ccccc2)CCCS(=O)(=O)N1Cc1ccc(C2(C#N)CC(O)C2)cc1F. The second-order valence-corrected chi connectivity index (χ2v) is 10.6. The van der Waals surface area contributed by atoms with Gasteiger partial charge in [-0.1, -0.05) is 42.5 Å². The van der Waals surface area contributed by atoms with Gasteiger partial charge in [0, 0.05) is 12.1 Å². The molecule has 2 aromatic carbocycles. The molecule has 2 aliphatic rings. The standard InChI is InChI=1S/C23H25FN2O3S/c1-22(18-6-3-2-4-7-18)10-5-11-30(28,29)26(22)15-17-8-9-19(12-21(17)24)23(16-25)13-20(27)14-23/h2-4,6-9,12,20,27H,5,10-11,13-15H2,1H3/t20?,22-,23?/m0/s1. The molecule has 1 N–H and O–H groups in total. The predicted octanol–water partition coefficient (Wildman–Crippen LogP) is 3.58. The molecule has 30 heavy (non-hydrogen) atoms. The van der Waals surface area contributed by atoms with Crippen molar-refractivity contribution in [3.63, 3.8) is 0 Å². The topological polar surface area (TPSA) is 81.4 Å². The van der Waals surface area contributed by atoms with Crippen molar-refractivity contribution >= 4 is 10.0 Å². The lowest BCUT2D eigenvalue weighted by Gasteiger charge is -2.44. The van der Waals surface area contributed by atoms with Crippen LogP contribution in [0.25, 0.3) is 0 Å². The Hall–Kier alpha value is -2.27. The number of nitriles is 1. The third kappa shape index (κ3) is 3.43. The zero-order chi connectivity index (χ0) is 21.6. The fraction of sp³-hybridized carbons (Fsp3) is 0.435. The first-order valence-corrected chi connectivity index (χ1v) is 11.8. The van der Waals surface area contributed by atoms with E-state index < -0.39 is 32.9 Å². The normalized spacial score (nSPS) is 30.9. The summed E-state index contributed by atoms with van der Waals surface area (Å²) in [6.45, 7) is 1.83. The van der Waals surface area contributed by atoms with Gasteiger partial charge in [0.2, 0.25) is 10.0 Å². The van der Waals surface area contributed by atoms with Crippen LogP contribution < -0.4 is 0 Å². The van der Waals surface area contributed by atoms with E-state index in [1.807, 2.05) is 37.3 Å². The molecule has 0 aromatic heterocycles. The smallest absolute Gasteiger partial charge is 0.215 e. The van der Waals surface area contributed by atoms with Crippen LogP contribution in [-0.4, -0.2) is 29.7 Å². The van der Waals surface area contributed by atoms with E-state index in [9.17, 15) is 18.8 Å². The number of hydrogen-bond acceptors (Lipinski definition) is 4. The first kappa shape index (κ1) is 21.0. The lowest BCUT2D eigenvalue weighted by molar-refractivity contribution is 0.0446. The first-order valence-electron chi connectivity index (χ1n) is 10.1. The van der Waals surface area contributed by atoms with Gasteiger partial charge in [-0.15, -0.1) is 0 Å². The van der Waals surface area contributed by atoms with Crippen LogP contribution in [0.2, 0.25) is 0 Å². The summed E-state index contributed by atoms with van der Waals surface area (Å²) in [6.07, 6.45) is 1.24. The van der Waals surface area contributed by atoms with Crippen LogP contribution in [0.1, 0.15) is 49.3 Å². The van der Waals surface area contributed by atoms with Crippen molar-refractivity contribution in [2.75, 3.05) is 5.75 Å². The van der Waals surface area contributed by atoms with Crippen LogP contribution in [-0.2, 0) is 27.5 Å². The van der Waals surface area contributed by atoms with Gasteiger partial charge in [-0.05, 0) is 49.8 Å². The zero-order valence-electron chi connectivity index (χ0n) is 16.9. The largest absolute Gasteiger partial charge is 0.393 e. The fourth-order valence-electron chi connectivity index (χ4n) is 4.76. The molecule has 2 aromatic rings. The third-order valence-corrected chi connectivity index (χ3v) is 8.66. The molecule has 158 valence electrons. The molecular formula is C23H25FN2O3S. The molecule has 1 aliphatic carbocycles. The van der Waals surface area contributed by atoms with Gasteiger partial charge in [-0.25, -0.2) is 12.8 Å². The maximum Gasteiger partial charge on any atom is 0.215 e. The number of aliphatic hydroxyl groups excluding tert-OH is 1. The number of nitrogens with zero attached hydrogens (tertiary/aromatic N) is 2. The maximum absolute atomic E-state index is 15.0. The number of rotatable bonds is 4. The molecule has 1 atom stereocenters. The fourth-order valence-corrected chi connectivity index (χ4v) is 6.64. The molecular weight excluding hydrogens is 403 g/mol. The monoisotopic (exact) mass is 428 g/mol. The minimum atomic E-state index is -3.56. The lowest BCUT2D eigenvalue weighted by Crippen LogP contribution is -2.51. The molecule has 0 spiro atoms. The van der Waals surface area contributed by atoms with Crippen LogP contribution in [0.4, 0.5) is 4.39 Å². The number of halogens is 1. The van der Waals surface area contributed by atoms with Crippen LogP contribution in [0.15, 0.2) is 48.5 Å². The van der Waals surface area contributed by atoms with Gasteiger partial charge < -0.3 is 5.11 Å². The first-order chi connectivity index (χ1) is 14.2. The van der Waals surface area contributed by atoms with Crippen LogP contribution in [0.3, 0.4) is 0 Å². The van der Waals surface area contributed by atoms with E-state index in [1.165, 1.54) is 10.4 Å². The molecule has 1 heterocycles. The van der Waals surface area contributed by atoms with E-state index in [-0.39, 0.29) is 30.7 Å². The van der Waals surface area contributed by atoms with Crippen molar-refractivity contribution in [3.05, 3.63) is 71.0 Å². The van der Waals surface area contributed by atoms with Gasteiger partial charge >= 0.3 is 0 Å². The molecule has 0 unspecified atom stereocenters. The van der Waals surface area contributed by atoms with E-state index in [1.54, 1.807) is 12.1 Å². The molecule has 1 saturated carbocycles. The Morgan fingerprint density at radius 1 is 1.20 bits per heavy atom. The van der Waals surface area contributed by atoms with Crippen molar-refractivity contribution in [1.82, 2.24) is 4.31 Å². The third-order valence-electron chi connectivity index (χ3n) is 6.65. The Kier molecular flexibility index (Phi) is 5.21. The minimum Gasteiger partial charge on any atom is -0.393 e. The van der Waals surface area contributed by atoms with Crippen molar-refractivity contribution in [2.45, 2.75) is 56.2 Å². The highest BCUT2D eigenvalue weighted by Crippen LogP contribution is 2.44. The van der Waals surface area contributed by atoms with E-state index in [0.717, 1.165) is 5.56 Å². The Morgan fingerprint density at radius 2 is 1.90 bits per heavy atom. The molecule has 2 fully saturated rings. The molecule has 5 nitrogen and oxygen atoms in total. The highest BCUT2D eigenvalue weighted by atomic mass is 32.2. The van der Waals surface area contributed by atoms with Crippen LogP contribution in [0, 0.1) is 17.1 Å². The zero-order valence-corrected chi connectivity index (χ0v) is 17.7. The maximum atomic E-state index is 15.0. The Morgan fingerprint density at radius 3 is 2.50 bits per heavy atom. The second-order valence-electron chi connectivity index (χ2n) is 8.63. The van der Waals surface area contributed by atoms with Gasteiger partial charge in [-0.3, -0.25) is 0 Å². The summed E-state index contributed by atoms with van der Waals surface area (Å²) < 4.78 is 42.4. The number of benzene rings is 2. The van der Waals surface area contributed by atoms with Gasteiger partial charge in [0.1, 0.15) is 5.82 Å². The summed E-state index contributed by atoms with van der Waals surface area (Å²) in [7, 11) is -3.56. The summed E-state index contributed by atoms with van der Waals surface area (Å²) in [5.41, 5.74) is 0.0737. The van der Waals surface area contributed by atoms with Crippen molar-refractivity contribution in [3.8, 4) is 6.07 Å². The van der Waals surface area contributed by atoms with Gasteiger partial charge in [0.15, 0.2) is 0 Å². The second kappa shape index (κ2) is 7.45. The van der Waals surface area contributed by atoms with Crippen LogP contribution in [0.5, 0.6) is 0 Å². The average molecular weight is 429 g/mol. The summed E-state index contributed by atoms with van der Waals surface area (Å²) >= 11 is 0. The van der Waals surface area contributed by atoms with E-state index in [0.29, 0.717) is 18.4 Å². The molecule has 0 radical (unpaired) electrons. The van der Waals surface area contributed by atoms with Crippen molar-refractivity contribution in [2.24, 2.45) is 0 Å². The molecule has 7 heteroatoms. The van der Waals surface area contributed by atoms with Gasteiger partial charge in [0.05, 0.1) is 28.9 Å². The summed E-state index contributed by atoms with van der Waals surface area (Å²) in [4.78, 5) is 0. The molecule has 1 aliphatic heterocycles. The molecule has 0 bridgehead atoms. The Balaban J connectivity index is 1.68. The van der Waals surface area contributed by atoms with Gasteiger partial charge in [-0.2, -0.15) is 9.57 Å². The Labute approximate surface area is 176 Å². The lowest BCUT2D eigenvalue weighted by atomic mass is 9.64. The predicted molar refractivity (Wildman–Crippen MR) is 111 cm³/mol. The number of sulfonamides is 1. The summed E-state index contributed by atoms with van der Waals surface area (Å²) in [6, 6.07) is 16.2. The quantitative estimate of drug-likeness (QED) is 0.807. The highest BCUT2D eigenvalue weighted by Gasteiger charge is 2.47. The van der Waals surface area contributed by atoms with Crippen molar-refractivity contribution in [1.29, 1.82) is 5.26 Å². The highest BCUT2D eigenvalue weighted by molar-refractivity contribution is 7.89. The number of hydrogen-bond donors (Lipinski definition) is 1. The van der Waals surface area contributed by atoms with Gasteiger partial charge in [0.25, 0.3) is 0 Å².